The van der Waals surface area contributed by atoms with Crippen LogP contribution in [-0.4, -0.2) is 30.0 Å². The Bertz CT molecular complexity index is 499. The van der Waals surface area contributed by atoms with Crippen molar-refractivity contribution in [3.05, 3.63) is 29.8 Å². The van der Waals surface area contributed by atoms with Crippen LogP contribution in [0.1, 0.15) is 44.3 Å². The lowest BCUT2D eigenvalue weighted by atomic mass is 10.1. The zero-order valence-electron chi connectivity index (χ0n) is 12.1. The van der Waals surface area contributed by atoms with Crippen LogP contribution in [0.25, 0.3) is 0 Å². The van der Waals surface area contributed by atoms with E-state index in [1.807, 2.05) is 29.2 Å². The third-order valence-electron chi connectivity index (χ3n) is 4.14. The average molecular weight is 274 g/mol. The summed E-state index contributed by atoms with van der Waals surface area (Å²) in [6.45, 7) is 2.12. The Morgan fingerprint density at radius 3 is 2.75 bits per heavy atom. The van der Waals surface area contributed by atoms with E-state index in [4.69, 9.17) is 4.74 Å². The monoisotopic (exact) mass is 274 g/mol. The van der Waals surface area contributed by atoms with Crippen molar-refractivity contribution in [1.82, 2.24) is 10.2 Å². The molecule has 1 amide bonds. The van der Waals surface area contributed by atoms with Crippen molar-refractivity contribution in [2.75, 3.05) is 7.11 Å². The van der Waals surface area contributed by atoms with Gasteiger partial charge in [-0.15, -0.1) is 0 Å². The summed E-state index contributed by atoms with van der Waals surface area (Å²) in [5.74, 6) is 1.10. The highest BCUT2D eigenvalue weighted by atomic mass is 16.5. The Hall–Kier alpha value is -1.55. The number of amides is 1. The van der Waals surface area contributed by atoms with Gasteiger partial charge in [0.25, 0.3) is 0 Å². The molecule has 1 aliphatic heterocycles. The number of benzene rings is 1. The summed E-state index contributed by atoms with van der Waals surface area (Å²) in [4.78, 5) is 14.6. The van der Waals surface area contributed by atoms with Crippen LogP contribution >= 0.6 is 0 Å². The number of nitrogens with zero attached hydrogens (tertiary/aromatic N) is 1. The van der Waals surface area contributed by atoms with Gasteiger partial charge in [-0.05, 0) is 25.3 Å². The molecule has 2 atom stereocenters. The fraction of sp³-hybridized carbons (Fsp3) is 0.562. The molecule has 0 aromatic heterocycles. The summed E-state index contributed by atoms with van der Waals surface area (Å²) in [6.07, 6.45) is 4.12. The number of rotatable bonds is 5. The van der Waals surface area contributed by atoms with Gasteiger partial charge in [0.05, 0.1) is 13.2 Å². The standard InChI is InChI=1S/C16H22N2O2/c1-3-6-13-16(19)18(11-9-10-11)15(17-13)12-7-4-5-8-14(12)20-2/h4-5,7-8,11,13,15,17H,3,6,9-10H2,1-2H3. The summed E-state index contributed by atoms with van der Waals surface area (Å²) in [5.41, 5.74) is 1.06. The van der Waals surface area contributed by atoms with E-state index < -0.39 is 0 Å². The molecule has 1 aromatic carbocycles. The molecular formula is C16H22N2O2. The van der Waals surface area contributed by atoms with Crippen molar-refractivity contribution >= 4 is 5.91 Å². The minimum Gasteiger partial charge on any atom is -0.496 e. The van der Waals surface area contributed by atoms with Crippen LogP contribution in [0.2, 0.25) is 0 Å². The first-order valence-corrected chi connectivity index (χ1v) is 7.47. The molecule has 0 spiro atoms. The van der Waals surface area contributed by atoms with Crippen molar-refractivity contribution in [3.8, 4) is 5.75 Å². The van der Waals surface area contributed by atoms with Crippen LogP contribution in [0, 0.1) is 0 Å². The zero-order chi connectivity index (χ0) is 14.1. The molecule has 2 unspecified atom stereocenters. The number of methoxy groups -OCH3 is 1. The summed E-state index contributed by atoms with van der Waals surface area (Å²) in [5, 5.41) is 3.50. The zero-order valence-corrected chi connectivity index (χ0v) is 12.1. The van der Waals surface area contributed by atoms with Gasteiger partial charge in [0.15, 0.2) is 0 Å². The summed E-state index contributed by atoms with van der Waals surface area (Å²) >= 11 is 0. The molecular weight excluding hydrogens is 252 g/mol. The predicted octanol–water partition coefficient (Wildman–Crippen LogP) is 2.46. The summed E-state index contributed by atoms with van der Waals surface area (Å²) in [6, 6.07) is 8.33. The van der Waals surface area contributed by atoms with E-state index in [0.29, 0.717) is 6.04 Å². The maximum atomic E-state index is 12.6. The van der Waals surface area contributed by atoms with Crippen LogP contribution in [0.4, 0.5) is 0 Å². The molecule has 4 heteroatoms. The minimum atomic E-state index is -0.0458. The van der Waals surface area contributed by atoms with Gasteiger partial charge in [0.1, 0.15) is 11.9 Å². The average Bonchev–Trinajstić information content (AvgIpc) is 3.25. The van der Waals surface area contributed by atoms with Crippen LogP contribution in [0.5, 0.6) is 5.75 Å². The molecule has 0 radical (unpaired) electrons. The van der Waals surface area contributed by atoms with Crippen LogP contribution in [0.15, 0.2) is 24.3 Å². The van der Waals surface area contributed by atoms with E-state index >= 15 is 0 Å². The number of ether oxygens (including phenoxy) is 1. The molecule has 0 bridgehead atoms. The third kappa shape index (κ3) is 2.29. The second-order valence-corrected chi connectivity index (χ2v) is 5.63. The van der Waals surface area contributed by atoms with Gasteiger partial charge >= 0.3 is 0 Å². The SMILES string of the molecule is CCCC1NC(c2ccccc2OC)N(C2CC2)C1=O. The lowest BCUT2D eigenvalue weighted by Crippen LogP contribution is -2.33. The Balaban J connectivity index is 1.92. The Labute approximate surface area is 120 Å². The highest BCUT2D eigenvalue weighted by Gasteiger charge is 2.46. The molecule has 4 nitrogen and oxygen atoms in total. The number of carbonyl (C=O) groups excluding carboxylic acids is 1. The lowest BCUT2D eigenvalue weighted by molar-refractivity contribution is -0.130. The summed E-state index contributed by atoms with van der Waals surface area (Å²) < 4.78 is 5.46. The summed E-state index contributed by atoms with van der Waals surface area (Å²) in [7, 11) is 1.68. The second-order valence-electron chi connectivity index (χ2n) is 5.63. The molecule has 2 fully saturated rings. The van der Waals surface area contributed by atoms with Gasteiger partial charge in [-0.25, -0.2) is 0 Å². The maximum absolute atomic E-state index is 12.6. The van der Waals surface area contributed by atoms with Crippen LogP contribution < -0.4 is 10.1 Å². The molecule has 1 N–H and O–H groups in total. The fourth-order valence-electron chi connectivity index (χ4n) is 3.02. The first-order valence-electron chi connectivity index (χ1n) is 7.47. The van der Waals surface area contributed by atoms with Crippen LogP contribution in [-0.2, 0) is 4.79 Å². The molecule has 20 heavy (non-hydrogen) atoms. The van der Waals surface area contributed by atoms with E-state index in [1.165, 1.54) is 0 Å². The largest absolute Gasteiger partial charge is 0.496 e. The molecule has 1 heterocycles. The smallest absolute Gasteiger partial charge is 0.241 e. The van der Waals surface area contributed by atoms with E-state index in [1.54, 1.807) is 7.11 Å². The molecule has 1 aliphatic carbocycles. The van der Waals surface area contributed by atoms with Crippen molar-refractivity contribution < 1.29 is 9.53 Å². The molecule has 108 valence electrons. The van der Waals surface area contributed by atoms with Crippen molar-refractivity contribution in [2.45, 2.75) is 50.9 Å². The van der Waals surface area contributed by atoms with E-state index in [-0.39, 0.29) is 18.1 Å². The second kappa shape index (κ2) is 5.44. The third-order valence-corrected chi connectivity index (χ3v) is 4.14. The number of nitrogens with one attached hydrogen (secondary N) is 1. The maximum Gasteiger partial charge on any atom is 0.241 e. The van der Waals surface area contributed by atoms with Crippen molar-refractivity contribution in [1.29, 1.82) is 0 Å². The molecule has 1 saturated heterocycles. The van der Waals surface area contributed by atoms with Gasteiger partial charge < -0.3 is 9.64 Å². The van der Waals surface area contributed by atoms with Crippen molar-refractivity contribution in [2.24, 2.45) is 0 Å². The Morgan fingerprint density at radius 2 is 2.10 bits per heavy atom. The van der Waals surface area contributed by atoms with Gasteiger partial charge in [-0.1, -0.05) is 31.5 Å². The van der Waals surface area contributed by atoms with E-state index in [2.05, 4.69) is 12.2 Å². The predicted molar refractivity (Wildman–Crippen MR) is 77.4 cm³/mol. The molecule has 3 rings (SSSR count). The fourth-order valence-corrected chi connectivity index (χ4v) is 3.02. The first-order chi connectivity index (χ1) is 9.76. The van der Waals surface area contributed by atoms with Gasteiger partial charge in [0.2, 0.25) is 5.91 Å². The van der Waals surface area contributed by atoms with Gasteiger partial charge in [-0.3, -0.25) is 10.1 Å². The molecule has 1 aromatic rings. The Kier molecular flexibility index (Phi) is 3.66. The molecule has 1 saturated carbocycles. The number of hydrogen-bond donors (Lipinski definition) is 1. The minimum absolute atomic E-state index is 0.0392. The van der Waals surface area contributed by atoms with Crippen LogP contribution in [0.3, 0.4) is 0 Å². The number of carbonyl (C=O) groups is 1. The van der Waals surface area contributed by atoms with Gasteiger partial charge in [0, 0.05) is 11.6 Å². The quantitative estimate of drug-likeness (QED) is 0.896. The number of hydrogen-bond acceptors (Lipinski definition) is 3. The Morgan fingerprint density at radius 1 is 1.35 bits per heavy atom. The lowest BCUT2D eigenvalue weighted by Gasteiger charge is -2.25. The van der Waals surface area contributed by atoms with E-state index in [0.717, 1.165) is 37.0 Å². The first kappa shape index (κ1) is 13.4. The number of para-hydroxylation sites is 1. The van der Waals surface area contributed by atoms with E-state index in [9.17, 15) is 4.79 Å². The molecule has 2 aliphatic rings. The highest BCUT2D eigenvalue weighted by Crippen LogP contribution is 2.40. The topological polar surface area (TPSA) is 41.6 Å². The van der Waals surface area contributed by atoms with Crippen molar-refractivity contribution in [3.63, 3.8) is 0 Å². The van der Waals surface area contributed by atoms with Gasteiger partial charge in [-0.2, -0.15) is 0 Å². The normalized spacial score (nSPS) is 26.1. The highest BCUT2D eigenvalue weighted by molar-refractivity contribution is 5.85.